The van der Waals surface area contributed by atoms with Gasteiger partial charge in [0.1, 0.15) is 11.6 Å². The normalized spacial score (nSPS) is 15.3. The van der Waals surface area contributed by atoms with Gasteiger partial charge in [-0.2, -0.15) is 4.31 Å². The van der Waals surface area contributed by atoms with Crippen LogP contribution in [0.5, 0.6) is 0 Å². The highest BCUT2D eigenvalue weighted by molar-refractivity contribution is 7.89. The second kappa shape index (κ2) is 8.88. The molecule has 0 saturated carbocycles. The van der Waals surface area contributed by atoms with E-state index in [-0.39, 0.29) is 0 Å². The van der Waals surface area contributed by atoms with Gasteiger partial charge in [0.25, 0.3) is 0 Å². The zero-order valence-electron chi connectivity index (χ0n) is 18.2. The number of aromatic nitrogens is 1. The van der Waals surface area contributed by atoms with Crippen LogP contribution < -0.4 is 4.90 Å². The molecule has 3 aromatic rings. The second-order valence-corrected chi connectivity index (χ2v) is 10.9. The SMILES string of the molecule is Cc1cc(C)c(S(=O)(=O)N2CCN(c3nc(Cc4cc(F)cc(F)c4)cs3)CC2)c(C)c1. The average Bonchev–Trinajstić information content (AvgIpc) is 3.14. The predicted molar refractivity (Wildman–Crippen MR) is 123 cm³/mol. The Balaban J connectivity index is 1.44. The van der Waals surface area contributed by atoms with Gasteiger partial charge in [-0.05, 0) is 49.6 Å². The molecule has 0 amide bonds. The summed E-state index contributed by atoms with van der Waals surface area (Å²) in [7, 11) is -3.57. The number of aryl methyl sites for hydroxylation is 3. The highest BCUT2D eigenvalue weighted by atomic mass is 32.2. The maximum absolute atomic E-state index is 13.4. The van der Waals surface area contributed by atoms with Gasteiger partial charge >= 0.3 is 0 Å². The largest absolute Gasteiger partial charge is 0.345 e. The number of thiazole rings is 1. The number of anilines is 1. The summed E-state index contributed by atoms with van der Waals surface area (Å²) in [6.07, 6.45) is 0.339. The van der Waals surface area contributed by atoms with Crippen LogP contribution in [0.2, 0.25) is 0 Å². The Morgan fingerprint density at radius 2 is 1.53 bits per heavy atom. The van der Waals surface area contributed by atoms with Crippen molar-refractivity contribution in [1.29, 1.82) is 0 Å². The van der Waals surface area contributed by atoms with Gasteiger partial charge in [0.15, 0.2) is 5.13 Å². The van der Waals surface area contributed by atoms with Crippen LogP contribution in [0.4, 0.5) is 13.9 Å². The summed E-state index contributed by atoms with van der Waals surface area (Å²) >= 11 is 1.45. The van der Waals surface area contributed by atoms with Crippen molar-refractivity contribution in [3.63, 3.8) is 0 Å². The summed E-state index contributed by atoms with van der Waals surface area (Å²) in [5.74, 6) is -1.21. The molecule has 4 rings (SSSR count). The fourth-order valence-corrected chi connectivity index (χ4v) is 6.98. The number of rotatable bonds is 5. The van der Waals surface area contributed by atoms with E-state index in [1.165, 1.54) is 27.8 Å². The van der Waals surface area contributed by atoms with Gasteiger partial charge < -0.3 is 4.90 Å². The van der Waals surface area contributed by atoms with Crippen LogP contribution in [0.1, 0.15) is 27.9 Å². The Bertz CT molecular complexity index is 1210. The minimum Gasteiger partial charge on any atom is -0.345 e. The number of hydrogen-bond acceptors (Lipinski definition) is 5. The van der Waals surface area contributed by atoms with Crippen LogP contribution in [-0.4, -0.2) is 43.9 Å². The van der Waals surface area contributed by atoms with Crippen molar-refractivity contribution in [1.82, 2.24) is 9.29 Å². The van der Waals surface area contributed by atoms with Gasteiger partial charge in [-0.25, -0.2) is 22.2 Å². The summed E-state index contributed by atoms with van der Waals surface area (Å²) in [5, 5.41) is 2.66. The van der Waals surface area contributed by atoms with E-state index in [1.54, 1.807) is 0 Å². The molecule has 1 aromatic heterocycles. The molecule has 0 unspecified atom stereocenters. The molecule has 0 radical (unpaired) electrons. The van der Waals surface area contributed by atoms with E-state index >= 15 is 0 Å². The zero-order chi connectivity index (χ0) is 23.0. The number of nitrogens with zero attached hydrogens (tertiary/aromatic N) is 3. The third kappa shape index (κ3) is 4.69. The quantitative estimate of drug-likeness (QED) is 0.545. The van der Waals surface area contributed by atoms with Crippen molar-refractivity contribution in [3.05, 3.63) is 75.3 Å². The lowest BCUT2D eigenvalue weighted by Crippen LogP contribution is -2.48. The van der Waals surface area contributed by atoms with Crippen LogP contribution in [-0.2, 0) is 16.4 Å². The van der Waals surface area contributed by atoms with Crippen LogP contribution in [0.25, 0.3) is 0 Å². The number of piperazine rings is 1. The molecule has 0 bridgehead atoms. The second-order valence-electron chi connectivity index (χ2n) is 8.19. The molecule has 0 aliphatic carbocycles. The standard InChI is InChI=1S/C23H25F2N3O2S2/c1-15-8-16(2)22(17(3)9-15)32(29,30)28-6-4-27(5-7-28)23-26-21(14-31-23)12-18-10-19(24)13-20(25)11-18/h8-11,13-14H,4-7,12H2,1-3H3. The maximum atomic E-state index is 13.4. The molecule has 32 heavy (non-hydrogen) atoms. The molecule has 1 fully saturated rings. The van der Waals surface area contributed by atoms with E-state index < -0.39 is 21.7 Å². The molecular weight excluding hydrogens is 452 g/mol. The molecule has 1 saturated heterocycles. The molecule has 5 nitrogen and oxygen atoms in total. The summed E-state index contributed by atoms with van der Waals surface area (Å²) in [6.45, 7) is 7.45. The molecule has 1 aliphatic heterocycles. The van der Waals surface area contributed by atoms with Crippen LogP contribution in [0, 0.1) is 32.4 Å². The van der Waals surface area contributed by atoms with Crippen molar-refractivity contribution < 1.29 is 17.2 Å². The first-order valence-corrected chi connectivity index (χ1v) is 12.7. The first kappa shape index (κ1) is 22.8. The number of halogens is 2. The van der Waals surface area contributed by atoms with Crippen LogP contribution >= 0.6 is 11.3 Å². The molecule has 0 spiro atoms. The van der Waals surface area contributed by atoms with Crippen molar-refractivity contribution in [2.45, 2.75) is 32.1 Å². The van der Waals surface area contributed by atoms with Crippen molar-refractivity contribution >= 4 is 26.5 Å². The van der Waals surface area contributed by atoms with E-state index in [1.807, 2.05) is 38.3 Å². The van der Waals surface area contributed by atoms with Gasteiger partial charge in [0.05, 0.1) is 10.6 Å². The smallest absolute Gasteiger partial charge is 0.243 e. The fraction of sp³-hybridized carbons (Fsp3) is 0.348. The fourth-order valence-electron chi connectivity index (χ4n) is 4.27. The Hall–Kier alpha value is -2.36. The summed E-state index contributed by atoms with van der Waals surface area (Å²) in [5.41, 5.74) is 3.84. The summed E-state index contributed by atoms with van der Waals surface area (Å²) < 4.78 is 55.0. The monoisotopic (exact) mass is 477 g/mol. The van der Waals surface area contributed by atoms with Gasteiger partial charge in [-0.15, -0.1) is 11.3 Å². The predicted octanol–water partition coefficient (Wildman–Crippen LogP) is 4.45. The average molecular weight is 478 g/mol. The Morgan fingerprint density at radius 3 is 2.12 bits per heavy atom. The number of sulfonamides is 1. The first-order chi connectivity index (χ1) is 15.1. The highest BCUT2D eigenvalue weighted by Crippen LogP contribution is 2.28. The summed E-state index contributed by atoms with van der Waals surface area (Å²) in [4.78, 5) is 7.06. The highest BCUT2D eigenvalue weighted by Gasteiger charge is 2.31. The molecule has 2 aromatic carbocycles. The Labute approximate surface area is 191 Å². The van der Waals surface area contributed by atoms with E-state index in [0.717, 1.165) is 33.6 Å². The van der Waals surface area contributed by atoms with Gasteiger partial charge in [-0.3, -0.25) is 0 Å². The van der Waals surface area contributed by atoms with E-state index in [0.29, 0.717) is 43.1 Å². The van der Waals surface area contributed by atoms with Crippen molar-refractivity contribution in [2.24, 2.45) is 0 Å². The first-order valence-electron chi connectivity index (χ1n) is 10.4. The topological polar surface area (TPSA) is 53.5 Å². The zero-order valence-corrected chi connectivity index (χ0v) is 19.9. The van der Waals surface area contributed by atoms with E-state index in [4.69, 9.17) is 0 Å². The Kier molecular flexibility index (Phi) is 6.33. The van der Waals surface area contributed by atoms with Gasteiger partial charge in [-0.1, -0.05) is 17.7 Å². The van der Waals surface area contributed by atoms with E-state index in [2.05, 4.69) is 9.88 Å². The van der Waals surface area contributed by atoms with Crippen molar-refractivity contribution in [2.75, 3.05) is 31.1 Å². The third-order valence-corrected chi connectivity index (χ3v) is 8.71. The van der Waals surface area contributed by atoms with Gasteiger partial charge in [0.2, 0.25) is 10.0 Å². The lowest BCUT2D eigenvalue weighted by Gasteiger charge is -2.34. The van der Waals surface area contributed by atoms with E-state index in [9.17, 15) is 17.2 Å². The van der Waals surface area contributed by atoms with Crippen molar-refractivity contribution in [3.8, 4) is 0 Å². The van der Waals surface area contributed by atoms with Crippen LogP contribution in [0.3, 0.4) is 0 Å². The minimum atomic E-state index is -3.57. The summed E-state index contributed by atoms with van der Waals surface area (Å²) in [6, 6.07) is 7.26. The lowest BCUT2D eigenvalue weighted by molar-refractivity contribution is 0.384. The molecule has 0 N–H and O–H groups in total. The third-order valence-electron chi connectivity index (χ3n) is 5.56. The maximum Gasteiger partial charge on any atom is 0.243 e. The molecule has 0 atom stereocenters. The molecule has 1 aliphatic rings. The molecule has 170 valence electrons. The van der Waals surface area contributed by atoms with Crippen LogP contribution in [0.15, 0.2) is 40.6 Å². The Morgan fingerprint density at radius 1 is 0.938 bits per heavy atom. The molecule has 2 heterocycles. The lowest BCUT2D eigenvalue weighted by atomic mass is 10.1. The molecular formula is C23H25F2N3O2S2. The molecule has 9 heteroatoms. The number of hydrogen-bond donors (Lipinski definition) is 0. The number of benzene rings is 2. The minimum absolute atomic E-state index is 0.339. The van der Waals surface area contributed by atoms with Gasteiger partial charge in [0, 0.05) is 44.0 Å².